The molecule has 2 heterocycles. The zero-order chi connectivity index (χ0) is 19.7. The summed E-state index contributed by atoms with van der Waals surface area (Å²) in [5, 5.41) is 8.23. The molecular weight excluding hydrogens is 380 g/mol. The molecule has 8 heteroatoms. The molecule has 3 aromatic rings. The van der Waals surface area contributed by atoms with Crippen LogP contribution in [-0.4, -0.2) is 27.3 Å². The molecule has 2 N–H and O–H groups in total. The van der Waals surface area contributed by atoms with Crippen molar-refractivity contribution in [2.75, 3.05) is 7.11 Å². The fourth-order valence-corrected chi connectivity index (χ4v) is 3.23. The molecule has 4 rings (SSSR count). The number of methoxy groups -OCH3 is 1. The summed E-state index contributed by atoms with van der Waals surface area (Å²) in [6.07, 6.45) is 2.16. The first-order valence-corrected chi connectivity index (χ1v) is 8.94. The van der Waals surface area contributed by atoms with Gasteiger partial charge in [0.15, 0.2) is 5.15 Å². The van der Waals surface area contributed by atoms with E-state index in [1.807, 2.05) is 24.3 Å². The summed E-state index contributed by atoms with van der Waals surface area (Å²) in [7, 11) is 1.61. The quantitative estimate of drug-likeness (QED) is 0.664. The van der Waals surface area contributed by atoms with Crippen molar-refractivity contribution < 1.29 is 4.74 Å². The Hall–Kier alpha value is -3.37. The molecule has 0 radical (unpaired) electrons. The lowest BCUT2D eigenvalue weighted by molar-refractivity contribution is 0.413. The molecule has 0 aliphatic heterocycles. The minimum atomic E-state index is -0.579. The van der Waals surface area contributed by atoms with Crippen LogP contribution in [0.15, 0.2) is 46.1 Å². The largest absolute Gasteiger partial charge is 0.495 e. The van der Waals surface area contributed by atoms with Gasteiger partial charge in [0.2, 0.25) is 0 Å². The van der Waals surface area contributed by atoms with Crippen molar-refractivity contribution in [2.24, 2.45) is 5.92 Å². The number of benzene rings is 1. The number of nitrogens with one attached hydrogen (secondary N) is 2. The maximum atomic E-state index is 12.0. The van der Waals surface area contributed by atoms with E-state index in [-0.39, 0.29) is 22.6 Å². The number of hydrogen-bond donors (Lipinski definition) is 2. The highest BCUT2D eigenvalue weighted by Crippen LogP contribution is 2.49. The molecule has 1 aromatic carbocycles. The molecule has 0 bridgehead atoms. The van der Waals surface area contributed by atoms with E-state index < -0.39 is 11.2 Å². The number of rotatable bonds is 3. The lowest BCUT2D eigenvalue weighted by Crippen LogP contribution is -2.23. The van der Waals surface area contributed by atoms with Crippen LogP contribution in [0, 0.1) is 17.8 Å². The Morgan fingerprint density at radius 3 is 2.86 bits per heavy atom. The molecule has 2 aromatic heterocycles. The molecule has 0 unspecified atom stereocenters. The standard InChI is InChI=1S/C20H15ClN4O3/c1-28-17-5-3-2-4-11(17)6-7-12-8-13(12)14-9-16(24-25-18(14)21)15-10-22-20(27)23-19(15)26/h2-5,9-10,12-13H,8H2,1H3,(H2,22,23,26,27)/t12-,13-/m0/s1. The third-order valence-corrected chi connectivity index (χ3v) is 4.85. The van der Waals surface area contributed by atoms with Crippen LogP contribution in [0.4, 0.5) is 0 Å². The molecule has 0 spiro atoms. The molecule has 0 amide bonds. The van der Waals surface area contributed by atoms with Crippen molar-refractivity contribution in [3.63, 3.8) is 0 Å². The van der Waals surface area contributed by atoms with E-state index in [0.717, 1.165) is 23.3 Å². The summed E-state index contributed by atoms with van der Waals surface area (Å²) in [6.45, 7) is 0. The topological polar surface area (TPSA) is 101 Å². The van der Waals surface area contributed by atoms with Crippen molar-refractivity contribution in [3.05, 3.63) is 73.6 Å². The van der Waals surface area contributed by atoms with Crippen molar-refractivity contribution in [1.29, 1.82) is 0 Å². The predicted octanol–water partition coefficient (Wildman–Crippen LogP) is 2.34. The van der Waals surface area contributed by atoms with Crippen LogP contribution in [0.3, 0.4) is 0 Å². The van der Waals surface area contributed by atoms with Gasteiger partial charge in [0.1, 0.15) is 11.4 Å². The smallest absolute Gasteiger partial charge is 0.325 e. The minimum absolute atomic E-state index is 0.116. The Labute approximate surface area is 164 Å². The van der Waals surface area contributed by atoms with E-state index >= 15 is 0 Å². The van der Waals surface area contributed by atoms with Gasteiger partial charge in [0.05, 0.1) is 18.2 Å². The van der Waals surface area contributed by atoms with Gasteiger partial charge in [-0.05, 0) is 30.2 Å². The van der Waals surface area contributed by atoms with Crippen LogP contribution < -0.4 is 16.0 Å². The second kappa shape index (κ2) is 7.33. The highest BCUT2D eigenvalue weighted by atomic mass is 35.5. The SMILES string of the molecule is COc1ccccc1C#C[C@H]1C[C@@H]1c1cc(-c2c[nH]c(=O)[nH]c2=O)nnc1Cl. The van der Waals surface area contributed by atoms with Crippen molar-refractivity contribution in [2.45, 2.75) is 12.3 Å². The Kier molecular flexibility index (Phi) is 4.72. The van der Waals surface area contributed by atoms with Crippen molar-refractivity contribution in [3.8, 4) is 28.8 Å². The van der Waals surface area contributed by atoms with Gasteiger partial charge in [-0.2, -0.15) is 0 Å². The maximum absolute atomic E-state index is 12.0. The van der Waals surface area contributed by atoms with Gasteiger partial charge in [-0.25, -0.2) is 4.79 Å². The fourth-order valence-electron chi connectivity index (χ4n) is 3.00. The molecule has 28 heavy (non-hydrogen) atoms. The summed E-state index contributed by atoms with van der Waals surface area (Å²) in [6, 6.07) is 9.31. The van der Waals surface area contributed by atoms with Crippen LogP contribution in [0.1, 0.15) is 23.5 Å². The minimum Gasteiger partial charge on any atom is -0.495 e. The summed E-state index contributed by atoms with van der Waals surface area (Å²) >= 11 is 6.23. The van der Waals surface area contributed by atoms with Crippen molar-refractivity contribution >= 4 is 11.6 Å². The predicted molar refractivity (Wildman–Crippen MR) is 104 cm³/mol. The van der Waals surface area contributed by atoms with E-state index in [1.165, 1.54) is 6.20 Å². The second-order valence-electron chi connectivity index (χ2n) is 6.38. The van der Waals surface area contributed by atoms with Gasteiger partial charge in [-0.1, -0.05) is 35.6 Å². The molecule has 0 saturated heterocycles. The lowest BCUT2D eigenvalue weighted by atomic mass is 10.1. The van der Waals surface area contributed by atoms with E-state index in [1.54, 1.807) is 13.2 Å². The molecule has 1 saturated carbocycles. The average molecular weight is 395 g/mol. The number of halogens is 1. The maximum Gasteiger partial charge on any atom is 0.325 e. The third kappa shape index (κ3) is 3.55. The van der Waals surface area contributed by atoms with Gasteiger partial charge in [0, 0.05) is 18.0 Å². The highest BCUT2D eigenvalue weighted by Gasteiger charge is 2.39. The number of aromatic amines is 2. The van der Waals surface area contributed by atoms with Crippen LogP contribution >= 0.6 is 11.6 Å². The Morgan fingerprint density at radius 2 is 2.07 bits per heavy atom. The zero-order valence-corrected chi connectivity index (χ0v) is 15.6. The van der Waals surface area contributed by atoms with E-state index in [0.29, 0.717) is 5.69 Å². The van der Waals surface area contributed by atoms with E-state index in [4.69, 9.17) is 16.3 Å². The number of aromatic nitrogens is 4. The highest BCUT2D eigenvalue weighted by molar-refractivity contribution is 6.30. The molecule has 140 valence electrons. The Morgan fingerprint density at radius 1 is 1.25 bits per heavy atom. The lowest BCUT2D eigenvalue weighted by Gasteiger charge is -2.04. The Bertz CT molecular complexity index is 1220. The van der Waals surface area contributed by atoms with Gasteiger partial charge >= 0.3 is 5.69 Å². The number of H-pyrrole nitrogens is 2. The van der Waals surface area contributed by atoms with Gasteiger partial charge in [-0.15, -0.1) is 10.2 Å². The van der Waals surface area contributed by atoms with E-state index in [2.05, 4.69) is 32.0 Å². The van der Waals surface area contributed by atoms with Crippen molar-refractivity contribution in [1.82, 2.24) is 20.2 Å². The van der Waals surface area contributed by atoms with Gasteiger partial charge in [0.25, 0.3) is 5.56 Å². The number of nitrogens with zero attached hydrogens (tertiary/aromatic N) is 2. The average Bonchev–Trinajstić information content (AvgIpc) is 3.47. The van der Waals surface area contributed by atoms with Crippen LogP contribution in [0.5, 0.6) is 5.75 Å². The molecule has 1 aliphatic carbocycles. The summed E-state index contributed by atoms with van der Waals surface area (Å²) in [4.78, 5) is 27.8. The molecule has 1 fully saturated rings. The van der Waals surface area contributed by atoms with Crippen LogP contribution in [0.2, 0.25) is 5.15 Å². The first-order valence-electron chi connectivity index (χ1n) is 8.57. The summed E-state index contributed by atoms with van der Waals surface area (Å²) in [5.74, 6) is 7.39. The zero-order valence-electron chi connectivity index (χ0n) is 14.8. The number of hydrogen-bond acceptors (Lipinski definition) is 5. The second-order valence-corrected chi connectivity index (χ2v) is 6.74. The first kappa shape index (κ1) is 18.0. The summed E-state index contributed by atoms with van der Waals surface area (Å²) < 4.78 is 5.31. The van der Waals surface area contributed by atoms with Crippen LogP contribution in [-0.2, 0) is 0 Å². The van der Waals surface area contributed by atoms with Crippen LogP contribution in [0.25, 0.3) is 11.3 Å². The molecule has 1 aliphatic rings. The summed E-state index contributed by atoms with van der Waals surface area (Å²) in [5.41, 5.74) is 1.08. The van der Waals surface area contributed by atoms with Gasteiger partial charge < -0.3 is 9.72 Å². The Balaban J connectivity index is 1.61. The molecule has 7 nitrogen and oxygen atoms in total. The molecule has 2 atom stereocenters. The monoisotopic (exact) mass is 394 g/mol. The van der Waals surface area contributed by atoms with E-state index in [9.17, 15) is 9.59 Å². The molecular formula is C20H15ClN4O3. The normalized spacial score (nSPS) is 17.5. The first-order chi connectivity index (χ1) is 13.6. The third-order valence-electron chi connectivity index (χ3n) is 4.56. The number of ether oxygens (including phenoxy) is 1. The number of para-hydroxylation sites is 1. The fraction of sp³-hybridized carbons (Fsp3) is 0.200. The van der Waals surface area contributed by atoms with Gasteiger partial charge in [-0.3, -0.25) is 9.78 Å².